The minimum atomic E-state index is -2.20. The number of aryl methyl sites for hydroxylation is 1. The molecule has 4 aromatic carbocycles. The molecule has 1 fully saturated rings. The van der Waals surface area contributed by atoms with Crippen LogP contribution in [0.2, 0.25) is 0 Å². The van der Waals surface area contributed by atoms with Crippen molar-refractivity contribution in [3.63, 3.8) is 0 Å². The third-order valence-corrected chi connectivity index (χ3v) is 9.09. The number of para-hydroxylation sites is 1. The number of hydrogen-bond donors (Lipinski definition) is 0. The number of aromatic nitrogens is 3. The first kappa shape index (κ1) is 27.4. The molecule has 1 radical (unpaired) electrons. The Hall–Kier alpha value is -5.22. The monoisotopic (exact) mass is 861 g/mol. The molecule has 0 unspecified atom stereocenters. The molecule has 4 aromatic heterocycles. The molecular formula is C47H39IrN3O-2. The normalized spacial score (nSPS) is 15.5. The Kier molecular flexibility index (Phi) is 8.66. The van der Waals surface area contributed by atoms with Crippen molar-refractivity contribution in [3.05, 3.63) is 174 Å². The van der Waals surface area contributed by atoms with Gasteiger partial charge in [0.25, 0.3) is 0 Å². The standard InChI is InChI=1S/C29H25N2O.C18H14N.Ir/c1-2-8-21(9-3-1)17-26-28-23-12-6-7-13-27(23)32-29(28)24(19-31-26)25-18-22(14-15-30-25)16-20-10-4-5-11-20;1-14-13-19-18(16-10-6-3-7-11-16)12-17(14)15-8-4-2-5-9-15;/h1-3,6-9,12-15,18,20H,4-5,10-11,16-17H2;2-10,12-13H,1H3;/q2*-1;/i16D2,17D2;1D3;. The van der Waals surface area contributed by atoms with Crippen molar-refractivity contribution in [1.29, 1.82) is 0 Å². The van der Waals surface area contributed by atoms with Crippen molar-refractivity contribution in [2.75, 3.05) is 0 Å². The molecule has 9 rings (SSSR count). The van der Waals surface area contributed by atoms with Gasteiger partial charge in [0.15, 0.2) is 0 Å². The van der Waals surface area contributed by atoms with E-state index in [2.05, 4.69) is 27.2 Å². The van der Waals surface area contributed by atoms with Gasteiger partial charge in [0.2, 0.25) is 0 Å². The molecule has 4 heterocycles. The van der Waals surface area contributed by atoms with Gasteiger partial charge in [-0.2, -0.15) is 0 Å². The fourth-order valence-electron chi connectivity index (χ4n) is 6.57. The number of hydrogen-bond acceptors (Lipinski definition) is 4. The van der Waals surface area contributed by atoms with Gasteiger partial charge in [0.05, 0.1) is 5.58 Å². The largest absolute Gasteiger partial charge is 0.500 e. The van der Waals surface area contributed by atoms with E-state index in [-0.39, 0.29) is 37.3 Å². The van der Waals surface area contributed by atoms with Crippen LogP contribution in [-0.2, 0) is 32.9 Å². The maximum atomic E-state index is 8.97. The summed E-state index contributed by atoms with van der Waals surface area (Å²) in [7, 11) is 0. The van der Waals surface area contributed by atoms with E-state index in [0.717, 1.165) is 42.2 Å². The maximum Gasteiger partial charge on any atom is 0.121 e. The molecule has 0 N–H and O–H groups in total. The summed E-state index contributed by atoms with van der Waals surface area (Å²) in [5.41, 5.74) is 6.77. The van der Waals surface area contributed by atoms with Crippen LogP contribution in [0.5, 0.6) is 0 Å². The minimum absolute atomic E-state index is 0. The average molecular weight is 861 g/mol. The molecule has 1 aliphatic carbocycles. The molecule has 4 nitrogen and oxygen atoms in total. The summed E-state index contributed by atoms with van der Waals surface area (Å²) in [4.78, 5) is 13.4. The summed E-state index contributed by atoms with van der Waals surface area (Å²) in [6.07, 6.45) is 6.64. The fraction of sp³-hybridized carbons (Fsp3) is 0.170. The van der Waals surface area contributed by atoms with Crippen LogP contribution in [-0.4, -0.2) is 15.0 Å². The number of pyridine rings is 3. The summed E-state index contributed by atoms with van der Waals surface area (Å²) in [5, 5.41) is 1.35. The van der Waals surface area contributed by atoms with Crippen LogP contribution in [0.4, 0.5) is 0 Å². The van der Waals surface area contributed by atoms with Crippen molar-refractivity contribution in [2.45, 2.75) is 45.3 Å². The first-order valence-corrected chi connectivity index (χ1v) is 17.2. The Labute approximate surface area is 329 Å². The molecule has 52 heavy (non-hydrogen) atoms. The third kappa shape index (κ3) is 7.82. The van der Waals surface area contributed by atoms with Gasteiger partial charge in [-0.25, -0.2) is 0 Å². The van der Waals surface area contributed by atoms with Crippen molar-refractivity contribution in [1.82, 2.24) is 15.0 Å². The predicted molar refractivity (Wildman–Crippen MR) is 207 cm³/mol. The smallest absolute Gasteiger partial charge is 0.121 e. The second-order valence-corrected chi connectivity index (χ2v) is 12.6. The van der Waals surface area contributed by atoms with Crippen LogP contribution in [0.1, 0.15) is 57.7 Å². The van der Waals surface area contributed by atoms with Crippen molar-refractivity contribution < 1.29 is 34.1 Å². The van der Waals surface area contributed by atoms with Gasteiger partial charge >= 0.3 is 0 Å². The molecule has 1 saturated carbocycles. The summed E-state index contributed by atoms with van der Waals surface area (Å²) < 4.78 is 65.0. The Balaban J connectivity index is 0.000000198. The second-order valence-electron chi connectivity index (χ2n) is 12.6. The van der Waals surface area contributed by atoms with E-state index in [1.54, 1.807) is 30.5 Å². The number of benzene rings is 4. The molecule has 0 amide bonds. The van der Waals surface area contributed by atoms with E-state index in [1.807, 2.05) is 103 Å². The number of rotatable bonds is 7. The minimum Gasteiger partial charge on any atom is -0.500 e. The SMILES string of the molecule is [2H]C([2H])([2H])c1cnc(-c2[c-]cccc2)cc1-c1ccccc1.[2H]C([2H])(c1ccccc1)c1n[c-]c(-c2cc(C([2H])([2H])C3CCCC3)ccn2)c2oc3ccccc3c12.[Ir]. The van der Waals surface area contributed by atoms with Crippen LogP contribution in [0, 0.1) is 25.0 Å². The Morgan fingerprint density at radius 1 is 0.808 bits per heavy atom. The third-order valence-electron chi connectivity index (χ3n) is 9.09. The first-order chi connectivity index (χ1) is 27.9. The summed E-state index contributed by atoms with van der Waals surface area (Å²) in [6.45, 7) is -2.20. The first-order valence-electron chi connectivity index (χ1n) is 20.7. The van der Waals surface area contributed by atoms with Gasteiger partial charge in [-0.15, -0.1) is 35.9 Å². The van der Waals surface area contributed by atoms with Crippen LogP contribution in [0.15, 0.2) is 144 Å². The zero-order valence-corrected chi connectivity index (χ0v) is 30.7. The van der Waals surface area contributed by atoms with Crippen molar-refractivity contribution in [2.24, 2.45) is 5.92 Å². The van der Waals surface area contributed by atoms with Crippen LogP contribution < -0.4 is 0 Å². The molecular weight excluding hydrogens is 815 g/mol. The Morgan fingerprint density at radius 2 is 1.58 bits per heavy atom. The van der Waals surface area contributed by atoms with Gasteiger partial charge in [0, 0.05) is 47.5 Å². The van der Waals surface area contributed by atoms with Crippen LogP contribution >= 0.6 is 0 Å². The van der Waals surface area contributed by atoms with E-state index < -0.39 is 19.6 Å². The molecule has 8 aromatic rings. The quantitative estimate of drug-likeness (QED) is 0.150. The van der Waals surface area contributed by atoms with Gasteiger partial charge in [-0.05, 0) is 83.0 Å². The topological polar surface area (TPSA) is 51.8 Å². The van der Waals surface area contributed by atoms with Crippen LogP contribution in [0.3, 0.4) is 0 Å². The van der Waals surface area contributed by atoms with Gasteiger partial charge < -0.3 is 19.4 Å². The summed E-state index contributed by atoms with van der Waals surface area (Å²) in [5.74, 6) is -0.0124. The number of furan rings is 1. The predicted octanol–water partition coefficient (Wildman–Crippen LogP) is 11.7. The molecule has 0 spiro atoms. The van der Waals surface area contributed by atoms with Gasteiger partial charge in [0.1, 0.15) is 5.58 Å². The van der Waals surface area contributed by atoms with E-state index in [0.29, 0.717) is 50.2 Å². The molecule has 259 valence electrons. The van der Waals surface area contributed by atoms with E-state index in [1.165, 1.54) is 6.20 Å². The maximum absolute atomic E-state index is 8.97. The summed E-state index contributed by atoms with van der Waals surface area (Å²) >= 11 is 0. The number of nitrogens with zero attached hydrogens (tertiary/aromatic N) is 3. The Morgan fingerprint density at radius 3 is 2.37 bits per heavy atom. The zero-order chi connectivity index (χ0) is 40.5. The molecule has 0 saturated heterocycles. The van der Waals surface area contributed by atoms with Gasteiger partial charge in [-0.3, -0.25) is 0 Å². The average Bonchev–Trinajstić information content (AvgIpc) is 3.94. The van der Waals surface area contributed by atoms with Crippen molar-refractivity contribution >= 4 is 21.9 Å². The second kappa shape index (κ2) is 16.4. The molecule has 0 atom stereocenters. The van der Waals surface area contributed by atoms with Crippen LogP contribution in [0.25, 0.3) is 55.6 Å². The molecule has 0 aliphatic heterocycles. The zero-order valence-electron chi connectivity index (χ0n) is 35.3. The molecule has 0 bridgehead atoms. The van der Waals surface area contributed by atoms with E-state index in [4.69, 9.17) is 14.0 Å². The molecule has 1 aliphatic rings. The van der Waals surface area contributed by atoms with E-state index >= 15 is 0 Å². The molecule has 5 heteroatoms. The fourth-order valence-corrected chi connectivity index (χ4v) is 6.57. The summed E-state index contributed by atoms with van der Waals surface area (Å²) in [6, 6.07) is 42.0. The van der Waals surface area contributed by atoms with E-state index in [9.17, 15) is 0 Å². The van der Waals surface area contributed by atoms with Crippen molar-refractivity contribution in [3.8, 4) is 33.6 Å². The number of fused-ring (bicyclic) bond motifs is 3. The van der Waals surface area contributed by atoms with Gasteiger partial charge in [-0.1, -0.05) is 133 Å². The Bertz CT molecular complexity index is 2680.